The van der Waals surface area contributed by atoms with Gasteiger partial charge < -0.3 is 14.6 Å². The van der Waals surface area contributed by atoms with Crippen LogP contribution in [0.5, 0.6) is 0 Å². The van der Waals surface area contributed by atoms with Crippen molar-refractivity contribution in [3.05, 3.63) is 42.1 Å². The first-order valence-electron chi connectivity index (χ1n) is 6.88. The number of nitriles is 1. The molecule has 0 amide bonds. The van der Waals surface area contributed by atoms with E-state index < -0.39 is 0 Å². The molecule has 0 saturated carbocycles. The molecule has 1 N–H and O–H groups in total. The van der Waals surface area contributed by atoms with E-state index in [0.29, 0.717) is 5.56 Å². The predicted molar refractivity (Wildman–Crippen MR) is 84.5 cm³/mol. The van der Waals surface area contributed by atoms with Crippen molar-refractivity contribution in [2.24, 2.45) is 0 Å². The molecule has 2 aromatic heterocycles. The fourth-order valence-corrected chi connectivity index (χ4v) is 2.38. The summed E-state index contributed by atoms with van der Waals surface area (Å²) in [6.45, 7) is 1.76. The van der Waals surface area contributed by atoms with Crippen molar-refractivity contribution < 1.29 is 0 Å². The molecule has 21 heavy (non-hydrogen) atoms. The lowest BCUT2D eigenvalue weighted by atomic mass is 10.2. The van der Waals surface area contributed by atoms with Crippen LogP contribution in [0.1, 0.15) is 5.56 Å². The second-order valence-electron chi connectivity index (χ2n) is 5.27. The highest BCUT2D eigenvalue weighted by molar-refractivity contribution is 5.85. The van der Waals surface area contributed by atoms with Gasteiger partial charge in [-0.15, -0.1) is 0 Å². The highest BCUT2D eigenvalue weighted by atomic mass is 15.1. The topological polar surface area (TPSA) is 56.4 Å². The van der Waals surface area contributed by atoms with Gasteiger partial charge in [0.25, 0.3) is 0 Å². The molecule has 0 radical (unpaired) electrons. The number of nitrogens with zero attached hydrogens (tertiary/aromatic N) is 4. The van der Waals surface area contributed by atoms with Crippen molar-refractivity contribution in [3.63, 3.8) is 0 Å². The molecule has 0 unspecified atom stereocenters. The molecule has 0 saturated heterocycles. The molecule has 3 aromatic rings. The second-order valence-corrected chi connectivity index (χ2v) is 5.27. The van der Waals surface area contributed by atoms with E-state index in [-0.39, 0.29) is 0 Å². The van der Waals surface area contributed by atoms with Crippen molar-refractivity contribution in [3.8, 4) is 6.07 Å². The van der Waals surface area contributed by atoms with E-state index in [9.17, 15) is 0 Å². The summed E-state index contributed by atoms with van der Waals surface area (Å²) in [6, 6.07) is 11.8. The van der Waals surface area contributed by atoms with Crippen molar-refractivity contribution in [1.29, 1.82) is 5.26 Å². The number of anilines is 1. The lowest BCUT2D eigenvalue weighted by Gasteiger charge is -2.13. The van der Waals surface area contributed by atoms with Crippen LogP contribution < -0.4 is 5.32 Å². The number of hydrogen-bond donors (Lipinski definition) is 1. The number of nitrogens with one attached hydrogen (secondary N) is 1. The molecular weight excluding hydrogens is 262 g/mol. The predicted octanol–water partition coefficient (Wildman–Crippen LogP) is 2.33. The van der Waals surface area contributed by atoms with E-state index in [2.05, 4.69) is 25.7 Å². The standard InChI is InChI=1S/C16H17N5/c1-20(2)9-7-18-16-15-4-3-8-21(15)14-6-5-12(11-17)10-13(14)19-16/h3-6,8,10H,7,9H2,1-2H3,(H,18,19). The molecule has 0 aliphatic heterocycles. The van der Waals surface area contributed by atoms with Crippen LogP contribution >= 0.6 is 0 Å². The summed E-state index contributed by atoms with van der Waals surface area (Å²) in [7, 11) is 4.09. The first-order valence-corrected chi connectivity index (χ1v) is 6.88. The first-order chi connectivity index (χ1) is 10.2. The third kappa shape index (κ3) is 2.54. The number of rotatable bonds is 4. The van der Waals surface area contributed by atoms with Crippen LogP contribution in [0.15, 0.2) is 36.5 Å². The van der Waals surface area contributed by atoms with Crippen LogP contribution in [0.4, 0.5) is 5.82 Å². The maximum absolute atomic E-state index is 9.04. The Morgan fingerprint density at radius 3 is 2.90 bits per heavy atom. The molecule has 0 aliphatic carbocycles. The molecule has 0 bridgehead atoms. The highest BCUT2D eigenvalue weighted by Gasteiger charge is 2.08. The Morgan fingerprint density at radius 1 is 1.29 bits per heavy atom. The molecular formula is C16H17N5. The van der Waals surface area contributed by atoms with E-state index in [4.69, 9.17) is 5.26 Å². The van der Waals surface area contributed by atoms with Gasteiger partial charge in [0.15, 0.2) is 5.82 Å². The molecule has 106 valence electrons. The Morgan fingerprint density at radius 2 is 2.14 bits per heavy atom. The van der Waals surface area contributed by atoms with Crippen LogP contribution in [0.25, 0.3) is 16.6 Å². The Labute approximate surface area is 123 Å². The summed E-state index contributed by atoms with van der Waals surface area (Å²) in [5.74, 6) is 0.851. The fourth-order valence-electron chi connectivity index (χ4n) is 2.38. The zero-order valence-electron chi connectivity index (χ0n) is 12.2. The molecule has 0 aliphatic rings. The third-order valence-electron chi connectivity index (χ3n) is 3.44. The van der Waals surface area contributed by atoms with Crippen molar-refractivity contribution in [1.82, 2.24) is 14.3 Å². The molecule has 2 heterocycles. The largest absolute Gasteiger partial charge is 0.367 e. The maximum atomic E-state index is 9.04. The average Bonchev–Trinajstić information content (AvgIpc) is 2.96. The van der Waals surface area contributed by atoms with Crippen LogP contribution in [-0.2, 0) is 0 Å². The van der Waals surface area contributed by atoms with E-state index >= 15 is 0 Å². The summed E-state index contributed by atoms with van der Waals surface area (Å²) >= 11 is 0. The summed E-state index contributed by atoms with van der Waals surface area (Å²) in [6.07, 6.45) is 2.02. The van der Waals surface area contributed by atoms with E-state index in [0.717, 1.165) is 35.5 Å². The molecule has 1 aromatic carbocycles. The molecule has 3 rings (SSSR count). The Balaban J connectivity index is 2.09. The number of aromatic nitrogens is 2. The van der Waals surface area contributed by atoms with Gasteiger partial charge in [-0.05, 0) is 44.4 Å². The number of likely N-dealkylation sites (N-methyl/N-ethyl adjacent to an activating group) is 1. The maximum Gasteiger partial charge on any atom is 0.151 e. The molecule has 5 nitrogen and oxygen atoms in total. The van der Waals surface area contributed by atoms with Gasteiger partial charge in [0.1, 0.15) is 0 Å². The Bertz CT molecular complexity index is 826. The van der Waals surface area contributed by atoms with Gasteiger partial charge in [0.05, 0.1) is 28.2 Å². The highest BCUT2D eigenvalue weighted by Crippen LogP contribution is 2.23. The lowest BCUT2D eigenvalue weighted by molar-refractivity contribution is 0.425. The van der Waals surface area contributed by atoms with Gasteiger partial charge in [0, 0.05) is 19.3 Å². The van der Waals surface area contributed by atoms with Crippen LogP contribution in [0.3, 0.4) is 0 Å². The van der Waals surface area contributed by atoms with Gasteiger partial charge >= 0.3 is 0 Å². The normalized spacial score (nSPS) is 11.1. The Hall–Kier alpha value is -2.58. The molecule has 0 fully saturated rings. The minimum Gasteiger partial charge on any atom is -0.367 e. The van der Waals surface area contributed by atoms with E-state index in [1.807, 2.05) is 50.6 Å². The van der Waals surface area contributed by atoms with Crippen LogP contribution in [0, 0.1) is 11.3 Å². The van der Waals surface area contributed by atoms with E-state index in [1.165, 1.54) is 0 Å². The van der Waals surface area contributed by atoms with Crippen molar-refractivity contribution in [2.45, 2.75) is 0 Å². The number of hydrogen-bond acceptors (Lipinski definition) is 4. The average molecular weight is 279 g/mol. The summed E-state index contributed by atoms with van der Waals surface area (Å²) in [5.41, 5.74) is 3.50. The molecule has 5 heteroatoms. The quantitative estimate of drug-likeness (QED) is 0.796. The minimum atomic E-state index is 0.626. The molecule has 0 atom stereocenters. The fraction of sp³-hybridized carbons (Fsp3) is 0.250. The summed E-state index contributed by atoms with van der Waals surface area (Å²) in [5, 5.41) is 12.4. The van der Waals surface area contributed by atoms with Gasteiger partial charge in [-0.25, -0.2) is 4.98 Å². The smallest absolute Gasteiger partial charge is 0.151 e. The van der Waals surface area contributed by atoms with Crippen molar-refractivity contribution in [2.75, 3.05) is 32.5 Å². The molecule has 0 spiro atoms. The van der Waals surface area contributed by atoms with E-state index in [1.54, 1.807) is 0 Å². The SMILES string of the molecule is CN(C)CCNc1nc2cc(C#N)ccc2n2cccc12. The minimum absolute atomic E-state index is 0.626. The van der Waals surface area contributed by atoms with Gasteiger partial charge in [-0.1, -0.05) is 0 Å². The van der Waals surface area contributed by atoms with Gasteiger partial charge in [-0.2, -0.15) is 5.26 Å². The lowest BCUT2D eigenvalue weighted by Crippen LogP contribution is -2.21. The first kappa shape index (κ1) is 13.4. The second kappa shape index (κ2) is 5.43. The van der Waals surface area contributed by atoms with Gasteiger partial charge in [0.2, 0.25) is 0 Å². The summed E-state index contributed by atoms with van der Waals surface area (Å²) < 4.78 is 2.10. The van der Waals surface area contributed by atoms with Crippen LogP contribution in [0.2, 0.25) is 0 Å². The van der Waals surface area contributed by atoms with Crippen molar-refractivity contribution >= 4 is 22.4 Å². The van der Waals surface area contributed by atoms with Gasteiger partial charge in [-0.3, -0.25) is 0 Å². The zero-order chi connectivity index (χ0) is 14.8. The third-order valence-corrected chi connectivity index (χ3v) is 3.44. The van der Waals surface area contributed by atoms with Crippen LogP contribution in [-0.4, -0.2) is 41.5 Å². The Kier molecular flexibility index (Phi) is 3.46. The number of benzene rings is 1. The monoisotopic (exact) mass is 279 g/mol. The zero-order valence-corrected chi connectivity index (χ0v) is 12.2. The summed E-state index contributed by atoms with van der Waals surface area (Å²) in [4.78, 5) is 6.80. The number of fused-ring (bicyclic) bond motifs is 3.